The molecule has 0 spiro atoms. The molecule has 21 heavy (non-hydrogen) atoms. The Balaban J connectivity index is 2.36. The lowest BCUT2D eigenvalue weighted by molar-refractivity contribution is -0.142. The Kier molecular flexibility index (Phi) is 5.06. The molecule has 1 aliphatic heterocycles. The molecular weight excluding hydrogens is 320 g/mol. The Morgan fingerprint density at radius 2 is 1.90 bits per heavy atom. The number of hydrogen-bond donors (Lipinski definition) is 1. The third-order valence-electron chi connectivity index (χ3n) is 3.54. The van der Waals surface area contributed by atoms with Crippen LogP contribution in [0.1, 0.15) is 36.0 Å². The standard InChI is InChI=1S/C14H14Cl2FNO3/c15-9-7-10(16)11(17)6-8(9)13(19)18-5-3-1-2-4-12(18)14(20)21/h6-7,12H,1-5H2,(H,20,21). The maximum Gasteiger partial charge on any atom is 0.326 e. The first-order chi connectivity index (χ1) is 9.91. The summed E-state index contributed by atoms with van der Waals surface area (Å²) in [7, 11) is 0. The molecule has 1 unspecified atom stereocenters. The van der Waals surface area contributed by atoms with Gasteiger partial charge in [0.1, 0.15) is 11.9 Å². The Morgan fingerprint density at radius 1 is 1.19 bits per heavy atom. The van der Waals surface area contributed by atoms with E-state index in [0.717, 1.165) is 25.0 Å². The van der Waals surface area contributed by atoms with Crippen molar-refractivity contribution >= 4 is 35.1 Å². The van der Waals surface area contributed by atoms with Crippen molar-refractivity contribution in [3.8, 4) is 0 Å². The van der Waals surface area contributed by atoms with Gasteiger partial charge in [-0.15, -0.1) is 0 Å². The molecule has 4 nitrogen and oxygen atoms in total. The van der Waals surface area contributed by atoms with Crippen LogP contribution in [-0.2, 0) is 4.79 Å². The van der Waals surface area contributed by atoms with Crippen molar-refractivity contribution in [2.75, 3.05) is 6.54 Å². The van der Waals surface area contributed by atoms with Crippen LogP contribution in [0.15, 0.2) is 12.1 Å². The summed E-state index contributed by atoms with van der Waals surface area (Å²) in [6, 6.07) is 1.20. The Bertz CT molecular complexity index is 580. The van der Waals surface area contributed by atoms with E-state index in [1.807, 2.05) is 0 Å². The zero-order valence-corrected chi connectivity index (χ0v) is 12.6. The molecule has 1 aromatic carbocycles. The third-order valence-corrected chi connectivity index (χ3v) is 4.14. The fourth-order valence-electron chi connectivity index (χ4n) is 2.45. The van der Waals surface area contributed by atoms with Gasteiger partial charge in [0.05, 0.1) is 15.6 Å². The second-order valence-electron chi connectivity index (χ2n) is 4.95. The summed E-state index contributed by atoms with van der Waals surface area (Å²) in [6.07, 6.45) is 2.69. The van der Waals surface area contributed by atoms with E-state index in [0.29, 0.717) is 19.4 Å². The average molecular weight is 334 g/mol. The summed E-state index contributed by atoms with van der Waals surface area (Å²) in [6.45, 7) is 0.316. The number of carbonyl (C=O) groups is 2. The number of amides is 1. The summed E-state index contributed by atoms with van der Waals surface area (Å²) in [5.41, 5.74) is -0.0632. The van der Waals surface area contributed by atoms with Crippen LogP contribution < -0.4 is 0 Å². The first kappa shape index (κ1) is 16.0. The topological polar surface area (TPSA) is 57.6 Å². The van der Waals surface area contributed by atoms with Gasteiger partial charge in [0.15, 0.2) is 0 Å². The molecule has 1 saturated heterocycles. The van der Waals surface area contributed by atoms with Crippen molar-refractivity contribution in [2.24, 2.45) is 0 Å². The van der Waals surface area contributed by atoms with E-state index in [9.17, 15) is 19.1 Å². The van der Waals surface area contributed by atoms with Gasteiger partial charge in [0.2, 0.25) is 0 Å². The zero-order chi connectivity index (χ0) is 15.6. The van der Waals surface area contributed by atoms with Crippen molar-refractivity contribution < 1.29 is 19.1 Å². The van der Waals surface area contributed by atoms with Gasteiger partial charge in [0.25, 0.3) is 5.91 Å². The molecule has 1 fully saturated rings. The number of rotatable bonds is 2. The van der Waals surface area contributed by atoms with Crippen molar-refractivity contribution in [3.63, 3.8) is 0 Å². The molecule has 0 aliphatic carbocycles. The van der Waals surface area contributed by atoms with Crippen LogP contribution in [0.3, 0.4) is 0 Å². The highest BCUT2D eigenvalue weighted by Gasteiger charge is 2.32. The number of halogens is 3. The number of carboxylic acid groups (broad SMARTS) is 1. The fourth-order valence-corrected chi connectivity index (χ4v) is 2.91. The summed E-state index contributed by atoms with van der Waals surface area (Å²) < 4.78 is 13.5. The lowest BCUT2D eigenvalue weighted by atomic mass is 10.1. The number of nitrogens with zero attached hydrogens (tertiary/aromatic N) is 1. The molecule has 0 bridgehead atoms. The normalized spacial score (nSPS) is 19.2. The summed E-state index contributed by atoms with van der Waals surface area (Å²) in [5.74, 6) is -2.40. The number of carboxylic acids is 1. The average Bonchev–Trinajstić information content (AvgIpc) is 2.67. The monoisotopic (exact) mass is 333 g/mol. The van der Waals surface area contributed by atoms with Crippen LogP contribution in [0.2, 0.25) is 10.0 Å². The van der Waals surface area contributed by atoms with Gasteiger partial charge in [-0.3, -0.25) is 4.79 Å². The molecule has 7 heteroatoms. The molecule has 1 amide bonds. The maximum absolute atomic E-state index is 13.5. The van der Waals surface area contributed by atoms with Crippen LogP contribution in [0.4, 0.5) is 4.39 Å². The van der Waals surface area contributed by atoms with Crippen LogP contribution in [0, 0.1) is 5.82 Å². The highest BCUT2D eigenvalue weighted by Crippen LogP contribution is 2.27. The summed E-state index contributed by atoms with van der Waals surface area (Å²) in [4.78, 5) is 25.1. The van der Waals surface area contributed by atoms with Gasteiger partial charge < -0.3 is 10.0 Å². The lowest BCUT2D eigenvalue weighted by Crippen LogP contribution is -2.44. The van der Waals surface area contributed by atoms with E-state index in [-0.39, 0.29) is 15.6 Å². The summed E-state index contributed by atoms with van der Waals surface area (Å²) >= 11 is 11.5. The van der Waals surface area contributed by atoms with Gasteiger partial charge in [-0.2, -0.15) is 0 Å². The Labute approximate surface area is 131 Å². The Morgan fingerprint density at radius 3 is 2.57 bits per heavy atom. The van der Waals surface area contributed by atoms with E-state index in [1.165, 1.54) is 4.90 Å². The van der Waals surface area contributed by atoms with Crippen molar-refractivity contribution in [2.45, 2.75) is 31.7 Å². The number of benzene rings is 1. The lowest BCUT2D eigenvalue weighted by Gasteiger charge is -2.27. The van der Waals surface area contributed by atoms with E-state index in [2.05, 4.69) is 0 Å². The quantitative estimate of drug-likeness (QED) is 0.841. The van der Waals surface area contributed by atoms with Crippen LogP contribution in [0.5, 0.6) is 0 Å². The highest BCUT2D eigenvalue weighted by atomic mass is 35.5. The van der Waals surface area contributed by atoms with Gasteiger partial charge in [-0.1, -0.05) is 36.0 Å². The van der Waals surface area contributed by atoms with Gasteiger partial charge >= 0.3 is 5.97 Å². The molecule has 1 atom stereocenters. The predicted octanol–water partition coefficient (Wildman–Crippen LogP) is 3.60. The van der Waals surface area contributed by atoms with Crippen molar-refractivity contribution in [1.82, 2.24) is 4.90 Å². The van der Waals surface area contributed by atoms with Crippen molar-refractivity contribution in [1.29, 1.82) is 0 Å². The molecule has 1 heterocycles. The number of aliphatic carboxylic acids is 1. The second kappa shape index (κ2) is 6.62. The van der Waals surface area contributed by atoms with E-state index >= 15 is 0 Å². The first-order valence-corrected chi connectivity index (χ1v) is 7.35. The summed E-state index contributed by atoms with van der Waals surface area (Å²) in [5, 5.41) is 9.11. The number of hydrogen-bond acceptors (Lipinski definition) is 2. The van der Waals surface area contributed by atoms with Crippen LogP contribution in [-0.4, -0.2) is 34.5 Å². The molecule has 114 valence electrons. The molecule has 1 aromatic rings. The predicted molar refractivity (Wildman–Crippen MR) is 77.3 cm³/mol. The minimum absolute atomic E-state index is 0.0137. The van der Waals surface area contributed by atoms with E-state index in [4.69, 9.17) is 23.2 Å². The maximum atomic E-state index is 13.5. The minimum atomic E-state index is -1.06. The van der Waals surface area contributed by atoms with Gasteiger partial charge in [-0.25, -0.2) is 9.18 Å². The second-order valence-corrected chi connectivity index (χ2v) is 5.76. The van der Waals surface area contributed by atoms with Gasteiger partial charge in [-0.05, 0) is 25.0 Å². The molecule has 0 aromatic heterocycles. The molecular formula is C14H14Cl2FNO3. The zero-order valence-electron chi connectivity index (χ0n) is 11.1. The third kappa shape index (κ3) is 3.47. The smallest absolute Gasteiger partial charge is 0.326 e. The van der Waals surface area contributed by atoms with Crippen LogP contribution in [0.25, 0.3) is 0 Å². The molecule has 0 radical (unpaired) electrons. The largest absolute Gasteiger partial charge is 0.480 e. The van der Waals surface area contributed by atoms with Crippen molar-refractivity contribution in [3.05, 3.63) is 33.6 Å². The molecule has 0 saturated carbocycles. The number of carbonyl (C=O) groups excluding carboxylic acids is 1. The highest BCUT2D eigenvalue weighted by molar-refractivity contribution is 6.36. The fraction of sp³-hybridized carbons (Fsp3) is 0.429. The molecule has 1 aliphatic rings. The van der Waals surface area contributed by atoms with E-state index < -0.39 is 23.7 Å². The minimum Gasteiger partial charge on any atom is -0.480 e. The first-order valence-electron chi connectivity index (χ1n) is 6.60. The van der Waals surface area contributed by atoms with E-state index in [1.54, 1.807) is 0 Å². The molecule has 2 rings (SSSR count). The van der Waals surface area contributed by atoms with Crippen LogP contribution >= 0.6 is 23.2 Å². The number of likely N-dealkylation sites (tertiary alicyclic amines) is 1. The SMILES string of the molecule is O=C(O)C1CCCCCN1C(=O)c1cc(F)c(Cl)cc1Cl. The van der Waals surface area contributed by atoms with Gasteiger partial charge in [0, 0.05) is 6.54 Å². The Hall–Kier alpha value is -1.33. The molecule has 1 N–H and O–H groups in total.